The van der Waals surface area contributed by atoms with Gasteiger partial charge in [0.1, 0.15) is 0 Å². The average molecular weight is 269 g/mol. The van der Waals surface area contributed by atoms with Crippen molar-refractivity contribution < 1.29 is 27.5 Å². The molecule has 2 atom stereocenters. The van der Waals surface area contributed by atoms with Gasteiger partial charge in [0.25, 0.3) is 0 Å². The van der Waals surface area contributed by atoms with Gasteiger partial charge in [-0.1, -0.05) is 13.8 Å². The molecule has 0 aromatic carbocycles. The van der Waals surface area contributed by atoms with Crippen LogP contribution in [0.25, 0.3) is 0 Å². The Bertz CT molecular complexity index is 292. The van der Waals surface area contributed by atoms with Crippen LogP contribution in [0.2, 0.25) is 0 Å². The molecule has 0 heterocycles. The van der Waals surface area contributed by atoms with E-state index in [1.165, 1.54) is 0 Å². The van der Waals surface area contributed by atoms with Crippen molar-refractivity contribution in [3.63, 3.8) is 0 Å². The minimum Gasteiger partial charge on any atom is -0.462 e. The lowest BCUT2D eigenvalue weighted by atomic mass is 10.1. The van der Waals surface area contributed by atoms with E-state index < -0.39 is 24.0 Å². The number of esters is 1. The fourth-order valence-corrected chi connectivity index (χ4v) is 1.02. The van der Waals surface area contributed by atoms with Crippen LogP contribution >= 0.6 is 0 Å². The quantitative estimate of drug-likeness (QED) is 0.751. The molecule has 0 aliphatic heterocycles. The Labute approximate surface area is 104 Å². The van der Waals surface area contributed by atoms with Crippen molar-refractivity contribution in [2.75, 3.05) is 6.54 Å². The fraction of sp³-hybridized carbons (Fsp3) is 0.818. The van der Waals surface area contributed by atoms with E-state index in [9.17, 15) is 22.8 Å². The van der Waals surface area contributed by atoms with Gasteiger partial charge in [-0.15, -0.1) is 0 Å². The van der Waals surface area contributed by atoms with Crippen LogP contribution in [0.1, 0.15) is 33.6 Å². The van der Waals surface area contributed by atoms with Gasteiger partial charge < -0.3 is 10.1 Å². The first-order valence-electron chi connectivity index (χ1n) is 5.74. The van der Waals surface area contributed by atoms with Gasteiger partial charge in [0, 0.05) is 6.54 Å². The third kappa shape index (κ3) is 6.46. The molecule has 2 unspecified atom stereocenters. The van der Waals surface area contributed by atoms with E-state index >= 15 is 0 Å². The van der Waals surface area contributed by atoms with Crippen LogP contribution in [-0.2, 0) is 14.3 Å². The number of rotatable bonds is 6. The molecule has 0 spiro atoms. The molecule has 0 saturated heterocycles. The maximum absolute atomic E-state index is 11.8. The highest BCUT2D eigenvalue weighted by Gasteiger charge is 2.38. The predicted octanol–water partition coefficient (Wildman–Crippen LogP) is 2.03. The number of nitrogens with one attached hydrogen (secondary N) is 1. The Morgan fingerprint density at radius 3 is 2.28 bits per heavy atom. The molecule has 106 valence electrons. The van der Waals surface area contributed by atoms with Crippen LogP contribution in [-0.4, -0.2) is 30.7 Å². The highest BCUT2D eigenvalue weighted by molar-refractivity contribution is 5.81. The van der Waals surface area contributed by atoms with Crippen molar-refractivity contribution >= 4 is 11.9 Å². The topological polar surface area (TPSA) is 55.4 Å². The SMILES string of the molecule is CCC(C)OC(=O)C(C)CCNC(=O)C(F)(F)F. The molecule has 0 aromatic rings. The Balaban J connectivity index is 3.94. The molecule has 18 heavy (non-hydrogen) atoms. The van der Waals surface area contributed by atoms with Gasteiger partial charge in [-0.25, -0.2) is 0 Å². The Morgan fingerprint density at radius 2 is 1.83 bits per heavy atom. The molecule has 0 rings (SSSR count). The molecule has 1 N–H and O–H groups in total. The van der Waals surface area contributed by atoms with Gasteiger partial charge >= 0.3 is 18.1 Å². The Morgan fingerprint density at radius 1 is 1.28 bits per heavy atom. The van der Waals surface area contributed by atoms with Crippen molar-refractivity contribution in [3.05, 3.63) is 0 Å². The van der Waals surface area contributed by atoms with E-state index in [2.05, 4.69) is 0 Å². The molecule has 0 aliphatic rings. The second-order valence-corrected chi connectivity index (χ2v) is 4.10. The molecule has 4 nitrogen and oxygen atoms in total. The molecule has 0 bridgehead atoms. The maximum atomic E-state index is 11.8. The standard InChI is InChI=1S/C11H18F3NO3/c1-4-8(3)18-9(16)7(2)5-6-15-10(17)11(12,13)14/h7-8H,4-6H2,1-3H3,(H,15,17). The van der Waals surface area contributed by atoms with E-state index in [-0.39, 0.29) is 19.1 Å². The molecule has 0 aliphatic carbocycles. The molecule has 7 heteroatoms. The molecule has 1 amide bonds. The summed E-state index contributed by atoms with van der Waals surface area (Å²) in [6.45, 7) is 4.92. The number of hydrogen-bond donors (Lipinski definition) is 1. The second kappa shape index (κ2) is 7.23. The zero-order valence-electron chi connectivity index (χ0n) is 10.6. The van der Waals surface area contributed by atoms with Crippen LogP contribution in [0.15, 0.2) is 0 Å². The minimum absolute atomic E-state index is 0.108. The number of carbonyl (C=O) groups is 2. The second-order valence-electron chi connectivity index (χ2n) is 4.10. The predicted molar refractivity (Wildman–Crippen MR) is 58.7 cm³/mol. The number of alkyl halides is 3. The van der Waals surface area contributed by atoms with Crippen LogP contribution in [0.5, 0.6) is 0 Å². The third-order valence-electron chi connectivity index (χ3n) is 2.41. The van der Waals surface area contributed by atoms with E-state index in [1.54, 1.807) is 19.2 Å². The first-order chi connectivity index (χ1) is 8.18. The lowest BCUT2D eigenvalue weighted by Crippen LogP contribution is -2.38. The smallest absolute Gasteiger partial charge is 0.462 e. The summed E-state index contributed by atoms with van der Waals surface area (Å²) in [7, 11) is 0. The number of hydrogen-bond acceptors (Lipinski definition) is 3. The summed E-state index contributed by atoms with van der Waals surface area (Å²) in [5, 5.41) is 1.70. The van der Waals surface area contributed by atoms with Crippen molar-refractivity contribution in [1.82, 2.24) is 5.32 Å². The number of ether oxygens (including phenoxy) is 1. The normalized spacial score (nSPS) is 14.8. The summed E-state index contributed by atoms with van der Waals surface area (Å²) in [4.78, 5) is 21.9. The maximum Gasteiger partial charge on any atom is 0.471 e. The Hall–Kier alpha value is -1.27. The van der Waals surface area contributed by atoms with Crippen molar-refractivity contribution in [2.24, 2.45) is 5.92 Å². The summed E-state index contributed by atoms with van der Waals surface area (Å²) in [6, 6.07) is 0. The lowest BCUT2D eigenvalue weighted by molar-refractivity contribution is -0.173. The van der Waals surface area contributed by atoms with Gasteiger partial charge in [0.2, 0.25) is 0 Å². The van der Waals surface area contributed by atoms with Gasteiger partial charge in [-0.05, 0) is 19.8 Å². The lowest BCUT2D eigenvalue weighted by Gasteiger charge is -2.15. The monoisotopic (exact) mass is 269 g/mol. The van der Waals surface area contributed by atoms with Crippen LogP contribution < -0.4 is 5.32 Å². The van der Waals surface area contributed by atoms with Crippen molar-refractivity contribution in [2.45, 2.75) is 45.9 Å². The first-order valence-corrected chi connectivity index (χ1v) is 5.74. The average Bonchev–Trinajstić information content (AvgIpc) is 2.26. The molecule has 0 saturated carbocycles. The third-order valence-corrected chi connectivity index (χ3v) is 2.41. The highest BCUT2D eigenvalue weighted by atomic mass is 19.4. The van der Waals surface area contributed by atoms with E-state index in [0.29, 0.717) is 6.42 Å². The summed E-state index contributed by atoms with van der Waals surface area (Å²) in [5.41, 5.74) is 0. The van der Waals surface area contributed by atoms with E-state index in [4.69, 9.17) is 4.74 Å². The van der Waals surface area contributed by atoms with Gasteiger partial charge in [0.05, 0.1) is 12.0 Å². The van der Waals surface area contributed by atoms with Gasteiger partial charge in [-0.2, -0.15) is 13.2 Å². The van der Waals surface area contributed by atoms with Crippen LogP contribution in [0.3, 0.4) is 0 Å². The van der Waals surface area contributed by atoms with Crippen LogP contribution in [0.4, 0.5) is 13.2 Å². The van der Waals surface area contributed by atoms with Gasteiger partial charge in [0.15, 0.2) is 0 Å². The molecular weight excluding hydrogens is 251 g/mol. The largest absolute Gasteiger partial charge is 0.471 e. The van der Waals surface area contributed by atoms with Gasteiger partial charge in [-0.3, -0.25) is 9.59 Å². The van der Waals surface area contributed by atoms with Crippen molar-refractivity contribution in [3.8, 4) is 0 Å². The summed E-state index contributed by atoms with van der Waals surface area (Å²) >= 11 is 0. The molecule has 0 aromatic heterocycles. The van der Waals surface area contributed by atoms with E-state index in [0.717, 1.165) is 0 Å². The fourth-order valence-electron chi connectivity index (χ4n) is 1.02. The Kier molecular flexibility index (Phi) is 6.72. The zero-order chi connectivity index (χ0) is 14.3. The molecule has 0 fully saturated rings. The van der Waals surface area contributed by atoms with E-state index in [1.807, 2.05) is 6.92 Å². The summed E-state index contributed by atoms with van der Waals surface area (Å²) < 4.78 is 40.6. The minimum atomic E-state index is -4.89. The summed E-state index contributed by atoms with van der Waals surface area (Å²) in [6.07, 6.45) is -4.33. The first kappa shape index (κ1) is 16.7. The highest BCUT2D eigenvalue weighted by Crippen LogP contribution is 2.14. The number of halogens is 3. The molecule has 0 radical (unpaired) electrons. The number of amides is 1. The molecular formula is C11H18F3NO3. The number of carbonyl (C=O) groups excluding carboxylic acids is 2. The summed E-state index contributed by atoms with van der Waals surface area (Å²) in [5.74, 6) is -3.01. The van der Waals surface area contributed by atoms with Crippen LogP contribution in [0, 0.1) is 5.92 Å². The van der Waals surface area contributed by atoms with Crippen molar-refractivity contribution in [1.29, 1.82) is 0 Å². The zero-order valence-corrected chi connectivity index (χ0v) is 10.6.